The lowest BCUT2D eigenvalue weighted by atomic mass is 9.92. The van der Waals surface area contributed by atoms with Crippen LogP contribution in [0.3, 0.4) is 0 Å². The Balaban J connectivity index is 2.42. The smallest absolute Gasteiger partial charge is 0.0174 e. The molecule has 0 radical (unpaired) electrons. The first-order valence-electron chi connectivity index (χ1n) is 4.39. The molecule has 1 rings (SSSR count). The monoisotopic (exact) mass is 216 g/mol. The molecule has 0 aliphatic heterocycles. The summed E-state index contributed by atoms with van der Waals surface area (Å²) in [5, 5.41) is 0. The predicted octanol–water partition coefficient (Wildman–Crippen LogP) is 3.76. The molecule has 0 bridgehead atoms. The van der Waals surface area contributed by atoms with E-state index in [1.165, 1.54) is 24.8 Å². The van der Waals surface area contributed by atoms with E-state index >= 15 is 0 Å². The van der Waals surface area contributed by atoms with Crippen molar-refractivity contribution in [3.05, 3.63) is 12.2 Å². The summed E-state index contributed by atoms with van der Waals surface area (Å²) in [6.07, 6.45) is 3.95. The van der Waals surface area contributed by atoms with Gasteiger partial charge in [0, 0.05) is 4.83 Å². The average molecular weight is 217 g/mol. The van der Waals surface area contributed by atoms with Crippen molar-refractivity contribution in [1.82, 2.24) is 0 Å². The number of rotatable bonds is 2. The van der Waals surface area contributed by atoms with Gasteiger partial charge in [-0.05, 0) is 38.0 Å². The minimum Gasteiger partial charge on any atom is -0.100 e. The van der Waals surface area contributed by atoms with Gasteiger partial charge in [-0.15, -0.1) is 6.58 Å². The number of allylic oxidation sites excluding steroid dienone is 1. The minimum absolute atomic E-state index is 0.756. The fraction of sp³-hybridized carbons (Fsp3) is 0.800. The van der Waals surface area contributed by atoms with E-state index in [9.17, 15) is 0 Å². The minimum atomic E-state index is 0.756. The van der Waals surface area contributed by atoms with E-state index in [0.29, 0.717) is 0 Å². The third kappa shape index (κ3) is 2.33. The van der Waals surface area contributed by atoms with E-state index in [0.717, 1.165) is 16.7 Å². The summed E-state index contributed by atoms with van der Waals surface area (Å²) < 4.78 is 0. The van der Waals surface area contributed by atoms with Crippen LogP contribution in [-0.4, -0.2) is 4.83 Å². The second kappa shape index (κ2) is 3.75. The molecule has 1 aliphatic rings. The third-order valence-corrected chi connectivity index (χ3v) is 4.03. The molecule has 0 amide bonds. The van der Waals surface area contributed by atoms with E-state index in [1.54, 1.807) is 0 Å². The summed E-state index contributed by atoms with van der Waals surface area (Å²) in [4.78, 5) is 0.756. The van der Waals surface area contributed by atoms with Crippen molar-refractivity contribution in [2.45, 2.75) is 37.9 Å². The van der Waals surface area contributed by atoms with Crippen molar-refractivity contribution in [2.24, 2.45) is 11.8 Å². The Labute approximate surface area is 78.2 Å². The molecule has 1 saturated carbocycles. The summed E-state index contributed by atoms with van der Waals surface area (Å²) in [5.74, 6) is 1.73. The van der Waals surface area contributed by atoms with Crippen molar-refractivity contribution in [1.29, 1.82) is 0 Å². The zero-order chi connectivity index (χ0) is 8.43. The lowest BCUT2D eigenvalue weighted by molar-refractivity contribution is 0.423. The zero-order valence-electron chi connectivity index (χ0n) is 7.44. The summed E-state index contributed by atoms with van der Waals surface area (Å²) in [6, 6.07) is 0. The molecule has 0 aromatic heterocycles. The maximum absolute atomic E-state index is 3.96. The number of alkyl halides is 1. The molecule has 64 valence electrons. The molecular formula is C10H17Br. The summed E-state index contributed by atoms with van der Waals surface area (Å²) in [6.45, 7) is 8.44. The Bertz CT molecular complexity index is 151. The summed E-state index contributed by atoms with van der Waals surface area (Å²) in [5.41, 5.74) is 1.34. The Hall–Kier alpha value is 0.220. The second-order valence-corrected chi connectivity index (χ2v) is 5.05. The molecule has 0 nitrogen and oxygen atoms in total. The molecule has 0 heterocycles. The van der Waals surface area contributed by atoms with Crippen LogP contribution in [0.2, 0.25) is 0 Å². The van der Waals surface area contributed by atoms with Crippen LogP contribution >= 0.6 is 15.9 Å². The first kappa shape index (κ1) is 9.31. The van der Waals surface area contributed by atoms with Crippen LogP contribution < -0.4 is 0 Å². The molecule has 1 aliphatic carbocycles. The zero-order valence-corrected chi connectivity index (χ0v) is 9.02. The average Bonchev–Trinajstić information content (AvgIpc) is 2.18. The van der Waals surface area contributed by atoms with Crippen molar-refractivity contribution in [3.63, 3.8) is 0 Å². The van der Waals surface area contributed by atoms with E-state index in [-0.39, 0.29) is 0 Å². The van der Waals surface area contributed by atoms with Gasteiger partial charge in [-0.25, -0.2) is 0 Å². The van der Waals surface area contributed by atoms with Crippen LogP contribution in [0.25, 0.3) is 0 Å². The third-order valence-electron chi connectivity index (χ3n) is 2.74. The largest absolute Gasteiger partial charge is 0.100 e. The van der Waals surface area contributed by atoms with Crippen molar-refractivity contribution in [3.8, 4) is 0 Å². The van der Waals surface area contributed by atoms with Crippen LogP contribution in [0, 0.1) is 11.8 Å². The fourth-order valence-corrected chi connectivity index (χ4v) is 2.63. The lowest BCUT2D eigenvalue weighted by Crippen LogP contribution is -2.10. The van der Waals surface area contributed by atoms with E-state index in [2.05, 4.69) is 36.4 Å². The molecule has 11 heavy (non-hydrogen) atoms. The van der Waals surface area contributed by atoms with Gasteiger partial charge in [-0.3, -0.25) is 0 Å². The highest BCUT2D eigenvalue weighted by Gasteiger charge is 2.30. The number of halogens is 1. The highest BCUT2D eigenvalue weighted by molar-refractivity contribution is 9.09. The predicted molar refractivity (Wildman–Crippen MR) is 54.0 cm³/mol. The van der Waals surface area contributed by atoms with Crippen molar-refractivity contribution < 1.29 is 0 Å². The molecule has 0 aromatic rings. The molecule has 1 fully saturated rings. The number of hydrogen-bond acceptors (Lipinski definition) is 0. The van der Waals surface area contributed by atoms with Gasteiger partial charge in [0.05, 0.1) is 0 Å². The van der Waals surface area contributed by atoms with Gasteiger partial charge in [0.2, 0.25) is 0 Å². The summed E-state index contributed by atoms with van der Waals surface area (Å²) in [7, 11) is 0. The SMILES string of the molecule is C=C(C)CC1CCC(Br)C1C. The molecular weight excluding hydrogens is 200 g/mol. The van der Waals surface area contributed by atoms with E-state index < -0.39 is 0 Å². The Morgan fingerprint density at radius 1 is 1.55 bits per heavy atom. The molecule has 1 heteroatoms. The molecule has 3 unspecified atom stereocenters. The van der Waals surface area contributed by atoms with Gasteiger partial charge in [-0.1, -0.05) is 28.4 Å². The maximum atomic E-state index is 3.96. The van der Waals surface area contributed by atoms with Gasteiger partial charge in [0.15, 0.2) is 0 Å². The Morgan fingerprint density at radius 3 is 2.55 bits per heavy atom. The number of hydrogen-bond donors (Lipinski definition) is 0. The molecule has 3 atom stereocenters. The van der Waals surface area contributed by atoms with Crippen molar-refractivity contribution >= 4 is 15.9 Å². The van der Waals surface area contributed by atoms with Crippen molar-refractivity contribution in [2.75, 3.05) is 0 Å². The van der Waals surface area contributed by atoms with E-state index in [4.69, 9.17) is 0 Å². The molecule has 0 saturated heterocycles. The molecule has 0 aromatic carbocycles. The first-order valence-corrected chi connectivity index (χ1v) is 5.31. The maximum Gasteiger partial charge on any atom is 0.0174 e. The topological polar surface area (TPSA) is 0 Å². The highest BCUT2D eigenvalue weighted by Crippen LogP contribution is 2.39. The van der Waals surface area contributed by atoms with Gasteiger partial charge < -0.3 is 0 Å². The second-order valence-electron chi connectivity index (χ2n) is 3.87. The lowest BCUT2D eigenvalue weighted by Gasteiger charge is -2.16. The first-order chi connectivity index (χ1) is 5.11. The van der Waals surface area contributed by atoms with Gasteiger partial charge in [0.25, 0.3) is 0 Å². The standard InChI is InChI=1S/C10H17Br/c1-7(2)6-9-4-5-10(11)8(9)3/h8-10H,1,4-6H2,2-3H3. The van der Waals surface area contributed by atoms with Gasteiger partial charge in [-0.2, -0.15) is 0 Å². The van der Waals surface area contributed by atoms with Crippen LogP contribution in [0.5, 0.6) is 0 Å². The van der Waals surface area contributed by atoms with Crippen LogP contribution in [0.15, 0.2) is 12.2 Å². The highest BCUT2D eigenvalue weighted by atomic mass is 79.9. The summed E-state index contributed by atoms with van der Waals surface area (Å²) >= 11 is 3.70. The Kier molecular flexibility index (Phi) is 3.17. The van der Waals surface area contributed by atoms with Crippen LogP contribution in [-0.2, 0) is 0 Å². The van der Waals surface area contributed by atoms with Gasteiger partial charge in [0.1, 0.15) is 0 Å². The fourth-order valence-electron chi connectivity index (χ4n) is 1.93. The molecule has 0 N–H and O–H groups in total. The van der Waals surface area contributed by atoms with E-state index in [1.807, 2.05) is 0 Å². The van der Waals surface area contributed by atoms with Crippen LogP contribution in [0.4, 0.5) is 0 Å². The van der Waals surface area contributed by atoms with Crippen LogP contribution in [0.1, 0.15) is 33.1 Å². The van der Waals surface area contributed by atoms with Gasteiger partial charge >= 0.3 is 0 Å². The normalized spacial score (nSPS) is 37.5. The molecule has 0 spiro atoms. The Morgan fingerprint density at radius 2 is 2.18 bits per heavy atom. The quantitative estimate of drug-likeness (QED) is 0.488.